The first-order chi connectivity index (χ1) is 14.5. The topological polar surface area (TPSA) is 89.9 Å². The number of aryl methyl sites for hydroxylation is 2. The minimum absolute atomic E-state index is 0.188. The van der Waals surface area contributed by atoms with Gasteiger partial charge in [-0.3, -0.25) is 20.0 Å². The fourth-order valence-electron chi connectivity index (χ4n) is 3.24. The molecule has 0 radical (unpaired) electrons. The molecule has 0 atom stereocenters. The van der Waals surface area contributed by atoms with Crippen molar-refractivity contribution >= 4 is 24.9 Å². The summed E-state index contributed by atoms with van der Waals surface area (Å²) in [7, 11) is 0. The van der Waals surface area contributed by atoms with E-state index in [0.717, 1.165) is 24.0 Å². The zero-order valence-corrected chi connectivity index (χ0v) is 17.5. The molecule has 0 saturated carbocycles. The maximum Gasteiger partial charge on any atom is 0.133 e. The number of hydrogen-bond acceptors (Lipinski definition) is 6. The van der Waals surface area contributed by atoms with Crippen molar-refractivity contribution in [1.29, 1.82) is 0 Å². The third-order valence-corrected chi connectivity index (χ3v) is 4.73. The number of phenolic OH excluding ortho intramolecular Hbond substituents is 2. The van der Waals surface area contributed by atoms with Gasteiger partial charge in [-0.05, 0) is 62.1 Å². The molecule has 2 aromatic rings. The summed E-state index contributed by atoms with van der Waals surface area (Å²) >= 11 is 0. The molecule has 30 heavy (non-hydrogen) atoms. The smallest absolute Gasteiger partial charge is 0.133 e. The van der Waals surface area contributed by atoms with E-state index in [1.165, 1.54) is 0 Å². The van der Waals surface area contributed by atoms with Gasteiger partial charge >= 0.3 is 0 Å². The Morgan fingerprint density at radius 1 is 0.533 bits per heavy atom. The molecule has 6 heteroatoms. The normalized spacial score (nSPS) is 15.3. The van der Waals surface area contributed by atoms with Crippen LogP contribution in [0.4, 0.5) is 0 Å². The standard InChI is InChI=1S/C24H28N4O2/c1-17-9-19-13-25-5-3-4-6-26-14-20-10-18(2)12-22(24(20)30)16-28-8-7-27-15-21(11-17)23(19)29/h9-16,29-30H,3-8H2,1-2H3. The monoisotopic (exact) mass is 404 g/mol. The Hall–Kier alpha value is -3.28. The van der Waals surface area contributed by atoms with Crippen molar-refractivity contribution in [1.82, 2.24) is 0 Å². The van der Waals surface area contributed by atoms with Crippen molar-refractivity contribution < 1.29 is 10.2 Å². The predicted octanol–water partition coefficient (Wildman–Crippen LogP) is 3.88. The molecular formula is C24H28N4O2. The molecule has 3 rings (SSSR count). The third-order valence-electron chi connectivity index (χ3n) is 4.73. The Balaban J connectivity index is 1.85. The summed E-state index contributed by atoms with van der Waals surface area (Å²) in [6, 6.07) is 7.63. The van der Waals surface area contributed by atoms with Gasteiger partial charge in [-0.2, -0.15) is 0 Å². The average Bonchev–Trinajstić information content (AvgIpc) is 2.71. The van der Waals surface area contributed by atoms with Gasteiger partial charge in [0.1, 0.15) is 11.5 Å². The van der Waals surface area contributed by atoms with Crippen LogP contribution in [0.1, 0.15) is 46.2 Å². The quantitative estimate of drug-likeness (QED) is 0.698. The molecule has 1 aliphatic rings. The molecule has 0 aliphatic carbocycles. The Kier molecular flexibility index (Phi) is 7.49. The first-order valence-corrected chi connectivity index (χ1v) is 10.2. The Morgan fingerprint density at radius 2 is 0.833 bits per heavy atom. The van der Waals surface area contributed by atoms with E-state index in [4.69, 9.17) is 0 Å². The van der Waals surface area contributed by atoms with Crippen LogP contribution >= 0.6 is 0 Å². The average molecular weight is 405 g/mol. The second kappa shape index (κ2) is 10.5. The van der Waals surface area contributed by atoms with E-state index >= 15 is 0 Å². The fourth-order valence-corrected chi connectivity index (χ4v) is 3.24. The van der Waals surface area contributed by atoms with Gasteiger partial charge in [0.15, 0.2) is 0 Å². The van der Waals surface area contributed by atoms with Crippen molar-refractivity contribution in [2.75, 3.05) is 26.2 Å². The lowest BCUT2D eigenvalue weighted by Gasteiger charge is -2.06. The maximum absolute atomic E-state index is 10.5. The van der Waals surface area contributed by atoms with E-state index in [9.17, 15) is 10.2 Å². The van der Waals surface area contributed by atoms with Gasteiger partial charge in [-0.1, -0.05) is 0 Å². The van der Waals surface area contributed by atoms with E-state index in [0.29, 0.717) is 48.4 Å². The molecule has 6 nitrogen and oxygen atoms in total. The number of rotatable bonds is 0. The summed E-state index contributed by atoms with van der Waals surface area (Å²) in [6.45, 7) is 6.27. The van der Waals surface area contributed by atoms with Crippen LogP contribution in [-0.4, -0.2) is 61.3 Å². The Morgan fingerprint density at radius 3 is 1.17 bits per heavy atom. The van der Waals surface area contributed by atoms with E-state index in [1.807, 2.05) is 38.1 Å². The number of benzene rings is 2. The lowest BCUT2D eigenvalue weighted by molar-refractivity contribution is 0.473. The predicted molar refractivity (Wildman–Crippen MR) is 125 cm³/mol. The summed E-state index contributed by atoms with van der Waals surface area (Å²) in [5, 5.41) is 21.0. The highest BCUT2D eigenvalue weighted by molar-refractivity contribution is 5.93. The van der Waals surface area contributed by atoms with Crippen molar-refractivity contribution in [2.24, 2.45) is 20.0 Å². The lowest BCUT2D eigenvalue weighted by Crippen LogP contribution is -1.96. The van der Waals surface area contributed by atoms with E-state index < -0.39 is 0 Å². The van der Waals surface area contributed by atoms with Gasteiger partial charge in [-0.15, -0.1) is 0 Å². The van der Waals surface area contributed by atoms with Crippen LogP contribution in [0.3, 0.4) is 0 Å². The van der Waals surface area contributed by atoms with Gasteiger partial charge in [0, 0.05) is 60.2 Å². The number of aromatic hydroxyl groups is 2. The molecular weight excluding hydrogens is 376 g/mol. The third kappa shape index (κ3) is 5.86. The minimum atomic E-state index is 0.188. The first kappa shape index (κ1) is 21.4. The first-order valence-electron chi connectivity index (χ1n) is 10.2. The van der Waals surface area contributed by atoms with Crippen LogP contribution < -0.4 is 0 Å². The van der Waals surface area contributed by atoms with Crippen LogP contribution in [0.15, 0.2) is 44.2 Å². The summed E-state index contributed by atoms with van der Waals surface area (Å²) in [6.07, 6.45) is 8.58. The lowest BCUT2D eigenvalue weighted by atomic mass is 10.1. The number of nitrogens with zero attached hydrogens (tertiary/aromatic N) is 4. The van der Waals surface area contributed by atoms with Gasteiger partial charge in [0.2, 0.25) is 0 Å². The summed E-state index contributed by atoms with van der Waals surface area (Å²) in [4.78, 5) is 17.6. The highest BCUT2D eigenvalue weighted by Crippen LogP contribution is 2.23. The van der Waals surface area contributed by atoms with Crippen molar-refractivity contribution in [2.45, 2.75) is 26.7 Å². The van der Waals surface area contributed by atoms with Gasteiger partial charge in [0.05, 0.1) is 13.1 Å². The highest BCUT2D eigenvalue weighted by atomic mass is 16.3. The van der Waals surface area contributed by atoms with E-state index in [-0.39, 0.29) is 11.5 Å². The number of aliphatic imine (C=N–C) groups is 4. The molecule has 2 aromatic carbocycles. The molecule has 0 spiro atoms. The molecule has 0 amide bonds. The summed E-state index contributed by atoms with van der Waals surface area (Å²) < 4.78 is 0. The maximum atomic E-state index is 10.5. The van der Waals surface area contributed by atoms with Crippen molar-refractivity contribution in [3.05, 3.63) is 57.6 Å². The van der Waals surface area contributed by atoms with E-state index in [1.54, 1.807) is 24.9 Å². The fraction of sp³-hybridized carbons (Fsp3) is 0.333. The van der Waals surface area contributed by atoms with Crippen LogP contribution in [0.2, 0.25) is 0 Å². The molecule has 156 valence electrons. The number of fused-ring (bicyclic) bond motifs is 4. The number of phenols is 2. The molecule has 0 unspecified atom stereocenters. The van der Waals surface area contributed by atoms with Crippen molar-refractivity contribution in [3.8, 4) is 11.5 Å². The summed E-state index contributed by atoms with van der Waals surface area (Å²) in [5.41, 5.74) is 4.82. The second-order valence-corrected chi connectivity index (χ2v) is 7.43. The van der Waals surface area contributed by atoms with Gasteiger partial charge in [0.25, 0.3) is 0 Å². The zero-order chi connectivity index (χ0) is 21.3. The second-order valence-electron chi connectivity index (χ2n) is 7.43. The molecule has 0 aromatic heterocycles. The van der Waals surface area contributed by atoms with Gasteiger partial charge in [-0.25, -0.2) is 0 Å². The highest BCUT2D eigenvalue weighted by Gasteiger charge is 2.07. The Bertz CT molecular complexity index is 925. The van der Waals surface area contributed by atoms with Crippen molar-refractivity contribution in [3.63, 3.8) is 0 Å². The number of hydrogen-bond donors (Lipinski definition) is 2. The van der Waals surface area contributed by atoms with E-state index in [2.05, 4.69) is 20.0 Å². The Labute approximate surface area is 177 Å². The van der Waals surface area contributed by atoms with Crippen LogP contribution in [0, 0.1) is 13.8 Å². The largest absolute Gasteiger partial charge is 0.507 e. The zero-order valence-electron chi connectivity index (χ0n) is 17.5. The molecule has 0 fully saturated rings. The molecule has 0 saturated heterocycles. The molecule has 4 bridgehead atoms. The molecule has 1 heterocycles. The molecule has 2 N–H and O–H groups in total. The van der Waals surface area contributed by atoms with Gasteiger partial charge < -0.3 is 10.2 Å². The van der Waals surface area contributed by atoms with Crippen LogP contribution in [0.25, 0.3) is 0 Å². The van der Waals surface area contributed by atoms with Crippen LogP contribution in [-0.2, 0) is 0 Å². The SMILES string of the molecule is Cc1cc2c(O)c(c1)C=NCCN=Cc1cc(C)cc(c1O)C=NCCCCN=C2. The van der Waals surface area contributed by atoms with Crippen LogP contribution in [0.5, 0.6) is 11.5 Å². The summed E-state index contributed by atoms with van der Waals surface area (Å²) in [5.74, 6) is 0.376. The minimum Gasteiger partial charge on any atom is -0.507 e. The molecule has 1 aliphatic heterocycles.